The molecule has 0 saturated heterocycles. The first kappa shape index (κ1) is 15.4. The summed E-state index contributed by atoms with van der Waals surface area (Å²) in [5, 5.41) is 0. The first-order chi connectivity index (χ1) is 8.86. The summed E-state index contributed by atoms with van der Waals surface area (Å²) in [5.74, 6) is 3.44. The maximum Gasteiger partial charge on any atom is 0.119 e. The van der Waals surface area contributed by atoms with Gasteiger partial charge in [0.15, 0.2) is 0 Å². The lowest BCUT2D eigenvalue weighted by atomic mass is 10.2. The van der Waals surface area contributed by atoms with E-state index in [2.05, 4.69) is 6.92 Å². The van der Waals surface area contributed by atoms with E-state index in [1.807, 2.05) is 36.0 Å². The molecule has 0 fully saturated rings. The largest absolute Gasteiger partial charge is 0.494 e. The highest BCUT2D eigenvalue weighted by molar-refractivity contribution is 7.99. The molecule has 1 aromatic carbocycles. The third kappa shape index (κ3) is 6.92. The molecule has 0 heterocycles. The van der Waals surface area contributed by atoms with Gasteiger partial charge in [-0.15, -0.1) is 0 Å². The molecule has 0 saturated carbocycles. The van der Waals surface area contributed by atoms with E-state index in [0.29, 0.717) is 6.54 Å². The average Bonchev–Trinajstić information content (AvgIpc) is 2.42. The Balaban J connectivity index is 2.00. The summed E-state index contributed by atoms with van der Waals surface area (Å²) >= 11 is 2.04. The van der Waals surface area contributed by atoms with Crippen molar-refractivity contribution in [3.63, 3.8) is 0 Å². The number of hydrogen-bond acceptors (Lipinski definition) is 3. The van der Waals surface area contributed by atoms with Gasteiger partial charge in [-0.2, -0.15) is 11.8 Å². The van der Waals surface area contributed by atoms with Crippen molar-refractivity contribution in [3.8, 4) is 5.75 Å². The van der Waals surface area contributed by atoms with Crippen molar-refractivity contribution >= 4 is 11.8 Å². The summed E-state index contributed by atoms with van der Waals surface area (Å²) in [6.07, 6.45) is 5.14. The van der Waals surface area contributed by atoms with Gasteiger partial charge in [-0.1, -0.05) is 31.9 Å². The zero-order chi connectivity index (χ0) is 13.1. The highest BCUT2D eigenvalue weighted by Gasteiger charge is 1.95. The second-order valence-corrected chi connectivity index (χ2v) is 5.59. The van der Waals surface area contributed by atoms with E-state index in [0.717, 1.165) is 24.3 Å². The number of unbranched alkanes of at least 4 members (excludes halogenated alkanes) is 2. The fourth-order valence-electron chi connectivity index (χ4n) is 1.63. The highest BCUT2D eigenvalue weighted by Crippen LogP contribution is 2.13. The summed E-state index contributed by atoms with van der Waals surface area (Å²) in [7, 11) is 0. The van der Waals surface area contributed by atoms with Crippen LogP contribution in [0.1, 0.15) is 38.2 Å². The number of benzene rings is 1. The third-order valence-corrected chi connectivity index (χ3v) is 3.91. The molecule has 0 aliphatic carbocycles. The van der Waals surface area contributed by atoms with Crippen molar-refractivity contribution in [1.82, 2.24) is 0 Å². The van der Waals surface area contributed by atoms with Gasteiger partial charge >= 0.3 is 0 Å². The van der Waals surface area contributed by atoms with E-state index in [-0.39, 0.29) is 0 Å². The van der Waals surface area contributed by atoms with Crippen LogP contribution in [0, 0.1) is 0 Å². The number of rotatable bonds is 10. The van der Waals surface area contributed by atoms with Crippen LogP contribution < -0.4 is 10.5 Å². The lowest BCUT2D eigenvalue weighted by Crippen LogP contribution is -2.00. The van der Waals surface area contributed by atoms with Crippen LogP contribution in [0.25, 0.3) is 0 Å². The van der Waals surface area contributed by atoms with Gasteiger partial charge in [0.05, 0.1) is 6.61 Å². The minimum Gasteiger partial charge on any atom is -0.494 e. The van der Waals surface area contributed by atoms with E-state index < -0.39 is 0 Å². The van der Waals surface area contributed by atoms with Crippen LogP contribution in [0.4, 0.5) is 0 Å². The van der Waals surface area contributed by atoms with Gasteiger partial charge in [0.2, 0.25) is 0 Å². The molecule has 0 amide bonds. The van der Waals surface area contributed by atoms with Crippen molar-refractivity contribution in [2.24, 2.45) is 5.73 Å². The molecular weight excluding hydrogens is 242 g/mol. The zero-order valence-electron chi connectivity index (χ0n) is 11.4. The predicted octanol–water partition coefficient (Wildman–Crippen LogP) is 3.84. The van der Waals surface area contributed by atoms with E-state index in [9.17, 15) is 0 Å². The molecule has 0 radical (unpaired) electrons. The summed E-state index contributed by atoms with van der Waals surface area (Å²) in [5.41, 5.74) is 6.69. The molecule has 2 N–H and O–H groups in total. The minimum atomic E-state index is 0.592. The zero-order valence-corrected chi connectivity index (χ0v) is 12.2. The normalized spacial score (nSPS) is 10.6. The molecular formula is C15H25NOS. The lowest BCUT2D eigenvalue weighted by Gasteiger charge is -2.06. The smallest absolute Gasteiger partial charge is 0.119 e. The fourth-order valence-corrected chi connectivity index (χ4v) is 2.56. The van der Waals surface area contributed by atoms with Crippen molar-refractivity contribution in [2.45, 2.75) is 39.2 Å². The Morgan fingerprint density at radius 1 is 1.06 bits per heavy atom. The standard InChI is InChI=1S/C15H25NOS/c1-2-3-4-11-18-12-5-10-17-15-8-6-14(13-16)7-9-15/h6-9H,2-5,10-13,16H2,1H3. The third-order valence-electron chi connectivity index (χ3n) is 2.75. The van der Waals surface area contributed by atoms with Gasteiger partial charge in [0.25, 0.3) is 0 Å². The second kappa shape index (κ2) is 10.3. The van der Waals surface area contributed by atoms with Gasteiger partial charge in [-0.25, -0.2) is 0 Å². The van der Waals surface area contributed by atoms with E-state index >= 15 is 0 Å². The van der Waals surface area contributed by atoms with Gasteiger partial charge in [-0.05, 0) is 42.0 Å². The molecule has 3 heteroatoms. The topological polar surface area (TPSA) is 35.2 Å². The van der Waals surface area contributed by atoms with Crippen LogP contribution in [0.5, 0.6) is 5.75 Å². The summed E-state index contributed by atoms with van der Waals surface area (Å²) < 4.78 is 5.68. The minimum absolute atomic E-state index is 0.592. The maximum atomic E-state index is 5.68. The Labute approximate surface area is 115 Å². The van der Waals surface area contributed by atoms with Gasteiger partial charge in [-0.3, -0.25) is 0 Å². The first-order valence-corrected chi connectivity index (χ1v) is 8.02. The van der Waals surface area contributed by atoms with Gasteiger partial charge in [0, 0.05) is 6.54 Å². The van der Waals surface area contributed by atoms with E-state index in [4.69, 9.17) is 10.5 Å². The molecule has 102 valence electrons. The number of hydrogen-bond donors (Lipinski definition) is 1. The molecule has 0 spiro atoms. The van der Waals surface area contributed by atoms with Crippen LogP contribution >= 0.6 is 11.8 Å². The van der Waals surface area contributed by atoms with Crippen LogP contribution in [0.3, 0.4) is 0 Å². The Hall–Kier alpha value is -0.670. The van der Waals surface area contributed by atoms with Crippen LogP contribution in [-0.2, 0) is 6.54 Å². The molecule has 0 atom stereocenters. The quantitative estimate of drug-likeness (QED) is 0.654. The van der Waals surface area contributed by atoms with Crippen molar-refractivity contribution in [1.29, 1.82) is 0 Å². The molecule has 0 bridgehead atoms. The van der Waals surface area contributed by atoms with Crippen LogP contribution in [-0.4, -0.2) is 18.1 Å². The van der Waals surface area contributed by atoms with E-state index in [1.165, 1.54) is 30.8 Å². The highest BCUT2D eigenvalue weighted by atomic mass is 32.2. The Bertz CT molecular complexity index is 300. The van der Waals surface area contributed by atoms with Crippen molar-refractivity contribution < 1.29 is 4.74 Å². The Morgan fingerprint density at radius 2 is 1.78 bits per heavy atom. The first-order valence-electron chi connectivity index (χ1n) is 6.86. The van der Waals surface area contributed by atoms with Crippen molar-refractivity contribution in [3.05, 3.63) is 29.8 Å². The Kier molecular flexibility index (Phi) is 8.78. The molecule has 1 aromatic rings. The number of thioether (sulfide) groups is 1. The van der Waals surface area contributed by atoms with Crippen molar-refractivity contribution in [2.75, 3.05) is 18.1 Å². The van der Waals surface area contributed by atoms with Crippen LogP contribution in [0.15, 0.2) is 24.3 Å². The van der Waals surface area contributed by atoms with E-state index in [1.54, 1.807) is 0 Å². The molecule has 0 aliphatic heterocycles. The van der Waals surface area contributed by atoms with Gasteiger partial charge in [0.1, 0.15) is 5.75 Å². The lowest BCUT2D eigenvalue weighted by molar-refractivity contribution is 0.318. The maximum absolute atomic E-state index is 5.68. The predicted molar refractivity (Wildman–Crippen MR) is 81.3 cm³/mol. The summed E-state index contributed by atoms with van der Waals surface area (Å²) in [6, 6.07) is 8.04. The average molecular weight is 267 g/mol. The SMILES string of the molecule is CCCCCSCCCOc1ccc(CN)cc1. The number of ether oxygens (including phenoxy) is 1. The van der Waals surface area contributed by atoms with Crippen LogP contribution in [0.2, 0.25) is 0 Å². The molecule has 2 nitrogen and oxygen atoms in total. The fraction of sp³-hybridized carbons (Fsp3) is 0.600. The summed E-state index contributed by atoms with van der Waals surface area (Å²) in [6.45, 7) is 3.64. The molecule has 1 rings (SSSR count). The molecule has 18 heavy (non-hydrogen) atoms. The molecule has 0 unspecified atom stereocenters. The second-order valence-electron chi connectivity index (χ2n) is 4.37. The molecule has 0 aromatic heterocycles. The Morgan fingerprint density at radius 3 is 2.44 bits per heavy atom. The molecule has 0 aliphatic rings. The monoisotopic (exact) mass is 267 g/mol. The number of nitrogens with two attached hydrogens (primary N) is 1. The van der Waals surface area contributed by atoms with Gasteiger partial charge < -0.3 is 10.5 Å². The summed E-state index contributed by atoms with van der Waals surface area (Å²) in [4.78, 5) is 0.